The predicted octanol–water partition coefficient (Wildman–Crippen LogP) is 3.19. The fraction of sp³-hybridized carbons (Fsp3) is 0.320. The first kappa shape index (κ1) is 22.6. The second-order valence-electron chi connectivity index (χ2n) is 8.62. The molecule has 1 amide bonds. The highest BCUT2D eigenvalue weighted by molar-refractivity contribution is 5.97. The summed E-state index contributed by atoms with van der Waals surface area (Å²) in [6.45, 7) is 2.78. The maximum atomic E-state index is 13.2. The van der Waals surface area contributed by atoms with Crippen molar-refractivity contribution in [3.05, 3.63) is 59.5 Å². The van der Waals surface area contributed by atoms with E-state index in [-0.39, 0.29) is 24.3 Å². The molecule has 0 aliphatic heterocycles. The maximum absolute atomic E-state index is 13.2. The van der Waals surface area contributed by atoms with E-state index >= 15 is 0 Å². The molecule has 0 radical (unpaired) electrons. The molecule has 5 rings (SSSR count). The van der Waals surface area contributed by atoms with Crippen LogP contribution in [0.25, 0.3) is 16.8 Å². The number of nitrogens with two attached hydrogens (primary N) is 1. The topological polar surface area (TPSA) is 130 Å². The lowest BCUT2D eigenvalue weighted by Gasteiger charge is -2.25. The minimum Gasteiger partial charge on any atom is -0.480 e. The summed E-state index contributed by atoms with van der Waals surface area (Å²) in [7, 11) is 1.50. The highest BCUT2D eigenvalue weighted by atomic mass is 16.5. The van der Waals surface area contributed by atoms with E-state index in [4.69, 9.17) is 15.2 Å². The molecule has 4 aromatic heterocycles. The lowest BCUT2D eigenvalue weighted by atomic mass is 9.86. The maximum Gasteiger partial charge on any atom is 0.257 e. The quantitative estimate of drug-likeness (QED) is 0.399. The molecular formula is C25H27N7O3. The number of amides is 1. The van der Waals surface area contributed by atoms with Gasteiger partial charge in [-0.05, 0) is 55.5 Å². The van der Waals surface area contributed by atoms with E-state index in [1.54, 1.807) is 23.0 Å². The van der Waals surface area contributed by atoms with Crippen LogP contribution >= 0.6 is 0 Å². The summed E-state index contributed by atoms with van der Waals surface area (Å²) in [5.41, 5.74) is 9.79. The van der Waals surface area contributed by atoms with Crippen molar-refractivity contribution in [2.45, 2.75) is 32.7 Å². The molecule has 35 heavy (non-hydrogen) atoms. The van der Waals surface area contributed by atoms with Crippen LogP contribution < -0.4 is 20.5 Å². The first-order valence-electron chi connectivity index (χ1n) is 11.5. The molecule has 1 aliphatic rings. The van der Waals surface area contributed by atoms with Gasteiger partial charge >= 0.3 is 0 Å². The second kappa shape index (κ2) is 9.57. The van der Waals surface area contributed by atoms with Crippen LogP contribution in [0.3, 0.4) is 0 Å². The van der Waals surface area contributed by atoms with Gasteiger partial charge in [-0.15, -0.1) is 5.10 Å². The van der Waals surface area contributed by atoms with Crippen LogP contribution in [0, 0.1) is 12.8 Å². The smallest absolute Gasteiger partial charge is 0.257 e. The van der Waals surface area contributed by atoms with Gasteiger partial charge < -0.3 is 20.5 Å². The minimum atomic E-state index is -0.308. The summed E-state index contributed by atoms with van der Waals surface area (Å²) >= 11 is 0. The fourth-order valence-electron chi connectivity index (χ4n) is 4.08. The number of ether oxygens (including phenoxy) is 2. The van der Waals surface area contributed by atoms with Crippen LogP contribution in [0.2, 0.25) is 0 Å². The summed E-state index contributed by atoms with van der Waals surface area (Å²) < 4.78 is 12.9. The van der Waals surface area contributed by atoms with E-state index < -0.39 is 0 Å². The largest absolute Gasteiger partial charge is 0.480 e. The second-order valence-corrected chi connectivity index (χ2v) is 8.62. The number of nitrogens with one attached hydrogen (secondary N) is 1. The van der Waals surface area contributed by atoms with E-state index in [1.165, 1.54) is 26.4 Å². The first-order chi connectivity index (χ1) is 17.0. The van der Waals surface area contributed by atoms with Gasteiger partial charge in [0, 0.05) is 35.8 Å². The van der Waals surface area contributed by atoms with Crippen molar-refractivity contribution in [1.29, 1.82) is 0 Å². The summed E-state index contributed by atoms with van der Waals surface area (Å²) in [5, 5.41) is 7.06. The Morgan fingerprint density at radius 2 is 2.09 bits per heavy atom. The Kier molecular flexibility index (Phi) is 6.17. The molecule has 1 saturated carbocycles. The first-order valence-corrected chi connectivity index (χ1v) is 11.5. The molecular weight excluding hydrogens is 446 g/mol. The van der Waals surface area contributed by atoms with E-state index in [0.717, 1.165) is 16.7 Å². The summed E-state index contributed by atoms with van der Waals surface area (Å²) in [6, 6.07) is 9.24. The number of methoxy groups -OCH3 is 1. The van der Waals surface area contributed by atoms with Crippen molar-refractivity contribution in [2.75, 3.05) is 19.5 Å². The fourth-order valence-corrected chi connectivity index (χ4v) is 4.08. The third kappa shape index (κ3) is 4.72. The highest BCUT2D eigenvalue weighted by Gasteiger charge is 2.20. The third-order valence-electron chi connectivity index (χ3n) is 6.25. The zero-order valence-electron chi connectivity index (χ0n) is 19.7. The molecule has 0 aromatic carbocycles. The van der Waals surface area contributed by atoms with Crippen molar-refractivity contribution in [2.24, 2.45) is 5.92 Å². The van der Waals surface area contributed by atoms with Gasteiger partial charge in [0.2, 0.25) is 17.7 Å². The minimum absolute atomic E-state index is 0.193. The normalized spacial score (nSPS) is 13.4. The average Bonchev–Trinajstić information content (AvgIpc) is 3.21. The molecule has 0 atom stereocenters. The molecule has 10 nitrogen and oxygen atoms in total. The van der Waals surface area contributed by atoms with Gasteiger partial charge in [0.1, 0.15) is 5.56 Å². The molecule has 4 heterocycles. The van der Waals surface area contributed by atoms with Crippen molar-refractivity contribution in [1.82, 2.24) is 29.9 Å². The summed E-state index contributed by atoms with van der Waals surface area (Å²) in [6.07, 6.45) is 7.11. The monoisotopic (exact) mass is 473 g/mol. The molecule has 10 heteroatoms. The van der Waals surface area contributed by atoms with E-state index in [1.807, 2.05) is 31.2 Å². The van der Waals surface area contributed by atoms with Gasteiger partial charge in [-0.25, -0.2) is 14.5 Å². The zero-order chi connectivity index (χ0) is 24.4. The lowest BCUT2D eigenvalue weighted by molar-refractivity contribution is 0.0946. The van der Waals surface area contributed by atoms with Gasteiger partial charge in [-0.1, -0.05) is 12.5 Å². The van der Waals surface area contributed by atoms with Crippen LogP contribution in [0.5, 0.6) is 11.8 Å². The highest BCUT2D eigenvalue weighted by Crippen LogP contribution is 2.29. The zero-order valence-corrected chi connectivity index (χ0v) is 19.7. The Morgan fingerprint density at radius 3 is 2.86 bits per heavy atom. The van der Waals surface area contributed by atoms with E-state index in [0.29, 0.717) is 35.3 Å². The average molecular weight is 474 g/mol. The van der Waals surface area contributed by atoms with Crippen molar-refractivity contribution in [3.8, 4) is 22.9 Å². The Balaban J connectivity index is 1.37. The van der Waals surface area contributed by atoms with Crippen LogP contribution in [0.1, 0.15) is 40.9 Å². The van der Waals surface area contributed by atoms with Crippen molar-refractivity contribution >= 4 is 17.5 Å². The number of carbonyl (C=O) groups excluding carboxylic acids is 1. The Morgan fingerprint density at radius 1 is 1.23 bits per heavy atom. The number of fused-ring (bicyclic) bond motifs is 1. The van der Waals surface area contributed by atoms with Crippen LogP contribution in [0.4, 0.5) is 5.95 Å². The number of hydrogen-bond acceptors (Lipinski definition) is 8. The van der Waals surface area contributed by atoms with E-state index in [2.05, 4.69) is 25.4 Å². The third-order valence-corrected chi connectivity index (χ3v) is 6.25. The van der Waals surface area contributed by atoms with E-state index in [9.17, 15) is 4.79 Å². The SMILES string of the molecule is COc1nc(C)c(-c2ccn3nc(N)nc3c2)cc1C(=O)NCc1cccnc1OCC1CCC1. The predicted molar refractivity (Wildman–Crippen MR) is 130 cm³/mol. The molecule has 180 valence electrons. The molecule has 0 unspecified atom stereocenters. The Labute approximate surface area is 202 Å². The van der Waals surface area contributed by atoms with Crippen LogP contribution in [0.15, 0.2) is 42.7 Å². The van der Waals surface area contributed by atoms with Crippen molar-refractivity contribution in [3.63, 3.8) is 0 Å². The Bertz CT molecular complexity index is 1380. The molecule has 4 aromatic rings. The molecule has 1 aliphatic carbocycles. The van der Waals surface area contributed by atoms with Crippen LogP contribution in [-0.4, -0.2) is 44.2 Å². The number of pyridine rings is 3. The van der Waals surface area contributed by atoms with Gasteiger partial charge in [0.25, 0.3) is 5.91 Å². The van der Waals surface area contributed by atoms with Crippen molar-refractivity contribution < 1.29 is 14.3 Å². The number of nitrogens with zero attached hydrogens (tertiary/aromatic N) is 5. The number of nitrogen functional groups attached to an aromatic ring is 1. The number of rotatable bonds is 8. The van der Waals surface area contributed by atoms with Gasteiger partial charge in [-0.3, -0.25) is 4.79 Å². The summed E-state index contributed by atoms with van der Waals surface area (Å²) in [4.78, 5) is 26.3. The molecule has 1 fully saturated rings. The molecule has 0 saturated heterocycles. The lowest BCUT2D eigenvalue weighted by Crippen LogP contribution is -2.25. The summed E-state index contributed by atoms with van der Waals surface area (Å²) in [5.74, 6) is 1.28. The van der Waals surface area contributed by atoms with Gasteiger partial charge in [-0.2, -0.15) is 4.98 Å². The van der Waals surface area contributed by atoms with Gasteiger partial charge in [0.05, 0.1) is 13.7 Å². The number of aromatic nitrogens is 5. The number of carbonyl (C=O) groups is 1. The Hall–Kier alpha value is -4.21. The molecule has 0 spiro atoms. The number of aryl methyl sites for hydroxylation is 1. The number of hydrogen-bond donors (Lipinski definition) is 2. The number of anilines is 1. The standard InChI is InChI=1S/C25H27N7O3/c1-15-19(17-8-10-32-21(11-17)30-25(26)31-32)12-20(24(29-15)34-2)22(33)28-13-18-7-4-9-27-23(18)35-14-16-5-3-6-16/h4,7-12,16H,3,5-6,13-14H2,1-2H3,(H2,26,31)(H,28,33). The van der Waals surface area contributed by atoms with Gasteiger partial charge in [0.15, 0.2) is 5.65 Å². The molecule has 0 bridgehead atoms. The molecule has 3 N–H and O–H groups in total. The van der Waals surface area contributed by atoms with Crippen LogP contribution in [-0.2, 0) is 6.54 Å².